The molecule has 2 N–H and O–H groups in total. The summed E-state index contributed by atoms with van der Waals surface area (Å²) in [6.45, 7) is 1.20. The standard InChI is InChI=1S/C28H27F6N3O4/c29-27(30,31)22-3-1-2-20(12-22)14-26(17-35-23-7-6-21(16-38)25(13-23)37(39)40)10-11-36(18-26)15-19-4-8-24(9-5-19)41-28(32,33)34/h1-9,12-13,35,38H,10-11,14-18H2. The summed E-state index contributed by atoms with van der Waals surface area (Å²) in [6.07, 6.45) is -8.43. The molecule has 0 amide bonds. The van der Waals surface area contributed by atoms with Gasteiger partial charge in [-0.3, -0.25) is 15.0 Å². The maximum Gasteiger partial charge on any atom is 0.573 e. The summed E-state index contributed by atoms with van der Waals surface area (Å²) in [5.41, 5.74) is 0.221. The molecule has 3 aromatic carbocycles. The predicted molar refractivity (Wildman–Crippen MR) is 138 cm³/mol. The Morgan fingerprint density at radius 2 is 1.73 bits per heavy atom. The van der Waals surface area contributed by atoms with E-state index in [-0.39, 0.29) is 30.0 Å². The van der Waals surface area contributed by atoms with Crippen LogP contribution in [0.5, 0.6) is 5.75 Å². The minimum atomic E-state index is -4.80. The second kappa shape index (κ2) is 12.0. The number of nitro groups is 1. The molecule has 1 fully saturated rings. The van der Waals surface area contributed by atoms with Gasteiger partial charge in [0.2, 0.25) is 0 Å². The summed E-state index contributed by atoms with van der Waals surface area (Å²) >= 11 is 0. The summed E-state index contributed by atoms with van der Waals surface area (Å²) in [6, 6.07) is 14.9. The van der Waals surface area contributed by atoms with Gasteiger partial charge in [-0.1, -0.05) is 30.3 Å². The molecule has 1 atom stereocenters. The van der Waals surface area contributed by atoms with Gasteiger partial charge < -0.3 is 15.2 Å². The first-order valence-corrected chi connectivity index (χ1v) is 12.6. The predicted octanol–water partition coefficient (Wildman–Crippen LogP) is 6.55. The minimum Gasteiger partial charge on any atom is -0.406 e. The van der Waals surface area contributed by atoms with Crippen LogP contribution in [0.4, 0.5) is 37.7 Å². The molecule has 4 rings (SSSR count). The van der Waals surface area contributed by atoms with Crippen LogP contribution in [-0.2, 0) is 25.7 Å². The Kier molecular flexibility index (Phi) is 8.78. The molecule has 1 aliphatic rings. The van der Waals surface area contributed by atoms with Crippen LogP contribution in [0, 0.1) is 15.5 Å². The zero-order valence-corrected chi connectivity index (χ0v) is 21.6. The van der Waals surface area contributed by atoms with Crippen LogP contribution in [0.3, 0.4) is 0 Å². The fraction of sp³-hybridized carbons (Fsp3) is 0.357. The van der Waals surface area contributed by atoms with E-state index < -0.39 is 35.0 Å². The maximum atomic E-state index is 13.4. The Morgan fingerprint density at radius 1 is 1.00 bits per heavy atom. The van der Waals surface area contributed by atoms with Crippen molar-refractivity contribution in [1.82, 2.24) is 4.90 Å². The van der Waals surface area contributed by atoms with Crippen molar-refractivity contribution in [1.29, 1.82) is 0 Å². The first kappa shape index (κ1) is 30.1. The normalized spacial score (nSPS) is 17.9. The quantitative estimate of drug-likeness (QED) is 0.160. The van der Waals surface area contributed by atoms with Crippen molar-refractivity contribution in [3.63, 3.8) is 0 Å². The van der Waals surface area contributed by atoms with Gasteiger partial charge in [0.15, 0.2) is 0 Å². The van der Waals surface area contributed by atoms with Gasteiger partial charge in [-0.15, -0.1) is 13.2 Å². The van der Waals surface area contributed by atoms with Crippen molar-refractivity contribution in [3.8, 4) is 5.75 Å². The number of ether oxygens (including phenoxy) is 1. The topological polar surface area (TPSA) is 87.9 Å². The highest BCUT2D eigenvalue weighted by Crippen LogP contribution is 2.38. The van der Waals surface area contributed by atoms with Gasteiger partial charge in [0.05, 0.1) is 22.7 Å². The van der Waals surface area contributed by atoms with Gasteiger partial charge in [0, 0.05) is 36.8 Å². The van der Waals surface area contributed by atoms with Crippen LogP contribution in [0.15, 0.2) is 66.7 Å². The number of aliphatic hydroxyl groups excluding tert-OH is 1. The molecule has 13 heteroatoms. The maximum absolute atomic E-state index is 13.4. The smallest absolute Gasteiger partial charge is 0.406 e. The van der Waals surface area contributed by atoms with Gasteiger partial charge in [0.1, 0.15) is 5.75 Å². The van der Waals surface area contributed by atoms with Crippen LogP contribution in [0.1, 0.15) is 28.7 Å². The number of anilines is 1. The van der Waals surface area contributed by atoms with E-state index in [0.717, 1.165) is 17.7 Å². The molecule has 3 aromatic rings. The van der Waals surface area contributed by atoms with Crippen molar-refractivity contribution < 1.29 is 41.1 Å². The summed E-state index contributed by atoms with van der Waals surface area (Å²) in [7, 11) is 0. The highest BCUT2D eigenvalue weighted by atomic mass is 19.4. The number of alkyl halides is 6. The zero-order valence-electron chi connectivity index (χ0n) is 21.6. The molecular formula is C28H27F6N3O4. The van der Waals surface area contributed by atoms with E-state index in [1.807, 2.05) is 0 Å². The van der Waals surface area contributed by atoms with Crippen LogP contribution in [0.2, 0.25) is 0 Å². The van der Waals surface area contributed by atoms with Gasteiger partial charge in [-0.05, 0) is 60.8 Å². The van der Waals surface area contributed by atoms with E-state index in [9.17, 15) is 41.6 Å². The van der Waals surface area contributed by atoms with Crippen LogP contribution < -0.4 is 10.1 Å². The van der Waals surface area contributed by atoms with E-state index >= 15 is 0 Å². The van der Waals surface area contributed by atoms with Crippen molar-refractivity contribution >= 4 is 11.4 Å². The number of hydrogen-bond acceptors (Lipinski definition) is 6. The molecule has 220 valence electrons. The number of halogens is 6. The molecule has 0 aromatic heterocycles. The third-order valence-corrected chi connectivity index (χ3v) is 7.03. The molecule has 7 nitrogen and oxygen atoms in total. The fourth-order valence-electron chi connectivity index (χ4n) is 5.13. The first-order valence-electron chi connectivity index (χ1n) is 12.6. The van der Waals surface area contributed by atoms with Crippen LogP contribution in [0.25, 0.3) is 0 Å². The van der Waals surface area contributed by atoms with Crippen molar-refractivity contribution in [3.05, 3.63) is 99.1 Å². The molecule has 41 heavy (non-hydrogen) atoms. The van der Waals surface area contributed by atoms with E-state index in [4.69, 9.17) is 0 Å². The number of likely N-dealkylation sites (tertiary alicyclic amines) is 1. The molecule has 0 aliphatic carbocycles. The third kappa shape index (κ3) is 8.10. The highest BCUT2D eigenvalue weighted by molar-refractivity contribution is 5.55. The van der Waals surface area contributed by atoms with Crippen molar-refractivity contribution in [2.75, 3.05) is 25.0 Å². The Labute approximate surface area is 231 Å². The number of rotatable bonds is 10. The van der Waals surface area contributed by atoms with Crippen molar-refractivity contribution in [2.24, 2.45) is 5.41 Å². The Morgan fingerprint density at radius 3 is 2.37 bits per heavy atom. The summed E-state index contributed by atoms with van der Waals surface area (Å²) in [4.78, 5) is 12.9. The van der Waals surface area contributed by atoms with E-state index in [0.29, 0.717) is 37.3 Å². The lowest BCUT2D eigenvalue weighted by atomic mass is 9.80. The molecular weight excluding hydrogens is 556 g/mol. The minimum absolute atomic E-state index is 0.151. The fourth-order valence-corrected chi connectivity index (χ4v) is 5.13. The number of hydrogen-bond donors (Lipinski definition) is 2. The van der Waals surface area contributed by atoms with Gasteiger partial charge >= 0.3 is 12.5 Å². The second-order valence-corrected chi connectivity index (χ2v) is 10.1. The lowest BCUT2D eigenvalue weighted by Gasteiger charge is -2.31. The Bertz CT molecular complexity index is 1360. The van der Waals surface area contributed by atoms with Crippen LogP contribution >= 0.6 is 0 Å². The molecule has 1 heterocycles. The monoisotopic (exact) mass is 583 g/mol. The van der Waals surface area contributed by atoms with E-state index in [1.54, 1.807) is 12.1 Å². The summed E-state index contributed by atoms with van der Waals surface area (Å²) in [5.74, 6) is -0.341. The van der Waals surface area contributed by atoms with Gasteiger partial charge in [-0.25, -0.2) is 0 Å². The molecule has 0 radical (unpaired) electrons. The van der Waals surface area contributed by atoms with Gasteiger partial charge in [0.25, 0.3) is 5.69 Å². The number of benzene rings is 3. The SMILES string of the molecule is O=[N+]([O-])c1cc(NCC2(Cc3cccc(C(F)(F)F)c3)CCN(Cc3ccc(OC(F)(F)F)cc3)C2)ccc1CO. The average molecular weight is 584 g/mol. The Hall–Kier alpha value is -3.84. The lowest BCUT2D eigenvalue weighted by molar-refractivity contribution is -0.385. The molecule has 1 saturated heterocycles. The highest BCUT2D eigenvalue weighted by Gasteiger charge is 2.39. The molecule has 0 bridgehead atoms. The Balaban J connectivity index is 1.54. The zero-order chi connectivity index (χ0) is 29.8. The molecule has 0 spiro atoms. The first-order chi connectivity index (χ1) is 19.2. The third-order valence-electron chi connectivity index (χ3n) is 7.03. The van der Waals surface area contributed by atoms with E-state index in [2.05, 4.69) is 15.0 Å². The molecule has 1 unspecified atom stereocenters. The number of nitrogens with zero attached hydrogens (tertiary/aromatic N) is 2. The summed E-state index contributed by atoms with van der Waals surface area (Å²) in [5, 5.41) is 24.0. The second-order valence-electron chi connectivity index (χ2n) is 10.1. The largest absolute Gasteiger partial charge is 0.573 e. The van der Waals surface area contributed by atoms with Crippen molar-refractivity contribution in [2.45, 2.75) is 38.5 Å². The molecule has 0 saturated carbocycles. The number of aliphatic hydroxyl groups is 1. The van der Waals surface area contributed by atoms with Crippen LogP contribution in [-0.4, -0.2) is 40.9 Å². The van der Waals surface area contributed by atoms with E-state index in [1.165, 1.54) is 42.5 Å². The number of nitro benzene ring substituents is 1. The molecule has 1 aliphatic heterocycles. The average Bonchev–Trinajstić information content (AvgIpc) is 3.29. The lowest BCUT2D eigenvalue weighted by Crippen LogP contribution is -2.35. The van der Waals surface area contributed by atoms with Gasteiger partial charge in [-0.2, -0.15) is 13.2 Å². The summed E-state index contributed by atoms with van der Waals surface area (Å²) < 4.78 is 81.5. The number of nitrogens with one attached hydrogen (secondary N) is 1.